The maximum atomic E-state index is 12.9. The molecule has 4 rings (SSSR count). The van der Waals surface area contributed by atoms with Crippen molar-refractivity contribution in [2.75, 3.05) is 18.0 Å². The fourth-order valence-electron chi connectivity index (χ4n) is 5.24. The van der Waals surface area contributed by atoms with Crippen molar-refractivity contribution in [2.45, 2.75) is 45.5 Å². The van der Waals surface area contributed by atoms with Gasteiger partial charge in [-0.2, -0.15) is 0 Å². The third-order valence-electron chi connectivity index (χ3n) is 7.13. The minimum absolute atomic E-state index is 0.106. The Bertz CT molecular complexity index is 1470. The number of benzene rings is 2. The third-order valence-corrected chi connectivity index (χ3v) is 7.13. The normalized spacial score (nSPS) is 15.8. The van der Waals surface area contributed by atoms with Gasteiger partial charge in [0.1, 0.15) is 5.76 Å². The van der Waals surface area contributed by atoms with Gasteiger partial charge in [-0.15, -0.1) is 13.2 Å². The number of nitrogens with one attached hydrogen (secondary N) is 1. The molecule has 1 heterocycles. The van der Waals surface area contributed by atoms with E-state index in [4.69, 9.17) is 0 Å². The number of rotatable bonds is 10. The van der Waals surface area contributed by atoms with Crippen molar-refractivity contribution in [3.05, 3.63) is 119 Å². The minimum Gasteiger partial charge on any atom is -0.478 e. The van der Waals surface area contributed by atoms with E-state index >= 15 is 0 Å². The molecule has 1 aliphatic carbocycles. The van der Waals surface area contributed by atoms with Crippen LogP contribution in [-0.2, 0) is 22.5 Å². The Morgan fingerprint density at radius 1 is 1.12 bits per heavy atom. The first-order chi connectivity index (χ1) is 20.1. The number of amides is 1. The zero-order valence-corrected chi connectivity index (χ0v) is 23.3. The molecular formula is C33H33F3N2O4. The zero-order valence-electron chi connectivity index (χ0n) is 23.3. The monoisotopic (exact) mass is 578 g/mol. The van der Waals surface area contributed by atoms with Crippen LogP contribution in [0.5, 0.6) is 0 Å². The second-order valence-electron chi connectivity index (χ2n) is 10.0. The summed E-state index contributed by atoms with van der Waals surface area (Å²) < 4.78 is 41.7. The number of hydrogen-bond acceptors (Lipinski definition) is 4. The van der Waals surface area contributed by atoms with Crippen LogP contribution in [0.3, 0.4) is 0 Å². The Kier molecular flexibility index (Phi) is 9.72. The van der Waals surface area contributed by atoms with Gasteiger partial charge in [-0.1, -0.05) is 49.1 Å². The molecule has 1 aliphatic heterocycles. The number of allylic oxidation sites excluding steroid dienone is 5. The van der Waals surface area contributed by atoms with Crippen LogP contribution in [0.2, 0.25) is 0 Å². The summed E-state index contributed by atoms with van der Waals surface area (Å²) in [5.74, 6) is -1.47. The molecule has 0 aromatic heterocycles. The van der Waals surface area contributed by atoms with Gasteiger partial charge in [-0.25, -0.2) is 4.79 Å². The van der Waals surface area contributed by atoms with Gasteiger partial charge < -0.3 is 20.1 Å². The van der Waals surface area contributed by atoms with Crippen molar-refractivity contribution in [2.24, 2.45) is 0 Å². The van der Waals surface area contributed by atoms with Crippen LogP contribution in [0.4, 0.5) is 18.9 Å². The first-order valence-electron chi connectivity index (χ1n) is 13.7. The number of carboxylic acids is 1. The molecule has 0 saturated heterocycles. The van der Waals surface area contributed by atoms with E-state index in [2.05, 4.69) is 21.5 Å². The van der Waals surface area contributed by atoms with E-state index in [0.717, 1.165) is 41.8 Å². The second-order valence-corrected chi connectivity index (χ2v) is 10.0. The lowest BCUT2D eigenvalue weighted by molar-refractivity contribution is -0.306. The van der Waals surface area contributed by atoms with E-state index in [-0.39, 0.29) is 30.2 Å². The number of carbonyl (C=O) groups excluding carboxylic acids is 1. The van der Waals surface area contributed by atoms with Crippen LogP contribution >= 0.6 is 0 Å². The fraction of sp³-hybridized carbons (Fsp3) is 0.273. The number of carbonyl (C=O) groups is 2. The topological polar surface area (TPSA) is 78.9 Å². The number of halogens is 3. The lowest BCUT2D eigenvalue weighted by Crippen LogP contribution is -2.30. The maximum Gasteiger partial charge on any atom is 0.572 e. The molecule has 0 fully saturated rings. The summed E-state index contributed by atoms with van der Waals surface area (Å²) >= 11 is 0. The summed E-state index contributed by atoms with van der Waals surface area (Å²) in [6, 6.07) is 13.4. The molecule has 0 spiro atoms. The molecule has 2 aromatic carbocycles. The predicted molar refractivity (Wildman–Crippen MR) is 157 cm³/mol. The number of nitrogens with zero attached hydrogens (tertiary/aromatic N) is 1. The van der Waals surface area contributed by atoms with Crippen molar-refractivity contribution in [3.8, 4) is 0 Å². The number of aryl methyl sites for hydroxylation is 1. The maximum absolute atomic E-state index is 12.9. The molecule has 220 valence electrons. The molecule has 2 aliphatic rings. The molecule has 0 atom stereocenters. The van der Waals surface area contributed by atoms with Crippen LogP contribution in [-0.4, -0.2) is 36.4 Å². The first kappa shape index (κ1) is 30.4. The van der Waals surface area contributed by atoms with Crippen LogP contribution in [0.15, 0.2) is 96.3 Å². The van der Waals surface area contributed by atoms with Gasteiger partial charge in [0.05, 0.1) is 5.57 Å². The van der Waals surface area contributed by atoms with Gasteiger partial charge >= 0.3 is 12.3 Å². The summed E-state index contributed by atoms with van der Waals surface area (Å²) in [5, 5.41) is 12.4. The molecule has 42 heavy (non-hydrogen) atoms. The molecule has 0 saturated carbocycles. The highest BCUT2D eigenvalue weighted by atomic mass is 19.4. The molecule has 1 amide bonds. The largest absolute Gasteiger partial charge is 0.572 e. The molecule has 0 unspecified atom stereocenters. The van der Waals surface area contributed by atoms with Crippen molar-refractivity contribution >= 4 is 23.1 Å². The summed E-state index contributed by atoms with van der Waals surface area (Å²) in [4.78, 5) is 26.8. The van der Waals surface area contributed by atoms with Gasteiger partial charge in [0, 0.05) is 37.3 Å². The molecule has 9 heteroatoms. The Labute approximate surface area is 243 Å². The molecule has 6 nitrogen and oxygen atoms in total. The number of anilines is 1. The summed E-state index contributed by atoms with van der Waals surface area (Å²) in [6.07, 6.45) is 5.44. The van der Waals surface area contributed by atoms with Gasteiger partial charge in [0.2, 0.25) is 0 Å². The van der Waals surface area contributed by atoms with Crippen LogP contribution < -0.4 is 10.2 Å². The highest BCUT2D eigenvalue weighted by Crippen LogP contribution is 2.31. The Hall–Kier alpha value is -4.53. The number of ether oxygens (including phenoxy) is 1. The lowest BCUT2D eigenvalue weighted by atomic mass is 9.95. The average molecular weight is 579 g/mol. The summed E-state index contributed by atoms with van der Waals surface area (Å²) in [5.41, 5.74) is 5.83. The first-order valence-corrected chi connectivity index (χ1v) is 13.7. The highest BCUT2D eigenvalue weighted by molar-refractivity contribution is 6.05. The summed E-state index contributed by atoms with van der Waals surface area (Å²) in [6.45, 7) is 7.03. The zero-order chi connectivity index (χ0) is 30.3. The predicted octanol–water partition coefficient (Wildman–Crippen LogP) is 7.11. The van der Waals surface area contributed by atoms with Crippen molar-refractivity contribution in [1.82, 2.24) is 5.32 Å². The van der Waals surface area contributed by atoms with Crippen molar-refractivity contribution in [3.63, 3.8) is 0 Å². The van der Waals surface area contributed by atoms with E-state index in [0.29, 0.717) is 29.7 Å². The third kappa shape index (κ3) is 7.81. The van der Waals surface area contributed by atoms with Crippen LogP contribution in [0.25, 0.3) is 5.57 Å². The van der Waals surface area contributed by atoms with Crippen LogP contribution in [0, 0.1) is 0 Å². The molecule has 2 N–H and O–H groups in total. The Morgan fingerprint density at radius 3 is 2.52 bits per heavy atom. The van der Waals surface area contributed by atoms with Crippen LogP contribution in [0.1, 0.15) is 53.2 Å². The molecule has 2 aromatic rings. The van der Waals surface area contributed by atoms with E-state index in [1.165, 1.54) is 18.2 Å². The second kappa shape index (κ2) is 13.4. The smallest absolute Gasteiger partial charge is 0.478 e. The SMILES string of the molecule is C=C/C=C(C(=O)O)\C(=C/C)c1ccc(CN2CCCc3cc(C(=O)NCC4=CCCC(OC(F)(F)F)=C4)ccc32)cc1. The van der Waals surface area contributed by atoms with Gasteiger partial charge in [0.25, 0.3) is 5.91 Å². The molecule has 0 bridgehead atoms. The number of aliphatic carboxylic acids is 1. The highest BCUT2D eigenvalue weighted by Gasteiger charge is 2.32. The number of hydrogen-bond donors (Lipinski definition) is 2. The van der Waals surface area contributed by atoms with Crippen molar-refractivity contribution in [1.29, 1.82) is 0 Å². The van der Waals surface area contributed by atoms with E-state index < -0.39 is 12.3 Å². The van der Waals surface area contributed by atoms with Gasteiger partial charge in [-0.3, -0.25) is 4.79 Å². The van der Waals surface area contributed by atoms with Gasteiger partial charge in [-0.05, 0) is 84.4 Å². The molecular weight excluding hydrogens is 545 g/mol. The number of fused-ring (bicyclic) bond motifs is 1. The molecule has 0 radical (unpaired) electrons. The van der Waals surface area contributed by atoms with E-state index in [1.807, 2.05) is 36.4 Å². The fourth-order valence-corrected chi connectivity index (χ4v) is 5.24. The average Bonchev–Trinajstić information content (AvgIpc) is 2.95. The quantitative estimate of drug-likeness (QED) is 0.232. The standard InChI is InChI=1S/C33H33F3N2O4/c1-3-7-29(32(40)41)28(4-2)24-13-11-22(12-14-24)21-38-17-6-9-25-19-26(15-16-30(25)38)31(39)37-20-23-8-5-10-27(18-23)42-33(34,35)36/h3-4,7-8,11-16,18-19H,1,5-6,9-10,17,20-21H2,2H3,(H,37,39)(H,40,41)/b28-4-,29-7+. The lowest BCUT2D eigenvalue weighted by Gasteiger charge is -2.32. The Balaban J connectivity index is 1.41. The Morgan fingerprint density at radius 2 is 1.86 bits per heavy atom. The van der Waals surface area contributed by atoms with E-state index in [1.54, 1.807) is 25.1 Å². The van der Waals surface area contributed by atoms with Gasteiger partial charge in [0.15, 0.2) is 0 Å². The number of alkyl halides is 3. The van der Waals surface area contributed by atoms with Crippen molar-refractivity contribution < 1.29 is 32.6 Å². The minimum atomic E-state index is -4.73. The number of carboxylic acid groups (broad SMARTS) is 1. The van der Waals surface area contributed by atoms with E-state index in [9.17, 15) is 27.9 Å². The summed E-state index contributed by atoms with van der Waals surface area (Å²) in [7, 11) is 0.